The summed E-state index contributed by atoms with van der Waals surface area (Å²) in [5.74, 6) is 1.03. The van der Waals surface area contributed by atoms with E-state index in [9.17, 15) is 10.1 Å². The highest BCUT2D eigenvalue weighted by molar-refractivity contribution is 5.85. The molecule has 1 saturated heterocycles. The SMILES string of the molecule is C1CCNC1.COc1cc(-c2ccc(C#N)cc2)c(-c2ccc(C)cc2)n2c(=O)n(CC3CCCC3)nc12. The van der Waals surface area contributed by atoms with E-state index in [2.05, 4.69) is 11.4 Å². The van der Waals surface area contributed by atoms with Crippen molar-refractivity contribution in [1.29, 1.82) is 5.26 Å². The lowest BCUT2D eigenvalue weighted by Crippen LogP contribution is -2.25. The van der Waals surface area contributed by atoms with Crippen molar-refractivity contribution < 1.29 is 4.74 Å². The quantitative estimate of drug-likeness (QED) is 0.380. The highest BCUT2D eigenvalue weighted by atomic mass is 16.5. The normalized spacial score (nSPS) is 15.3. The van der Waals surface area contributed by atoms with Crippen LogP contribution in [0.3, 0.4) is 0 Å². The Morgan fingerprint density at radius 3 is 2.24 bits per heavy atom. The number of aryl methyl sites for hydroxylation is 1. The maximum Gasteiger partial charge on any atom is 0.350 e. The molecule has 0 radical (unpaired) electrons. The van der Waals surface area contributed by atoms with Crippen LogP contribution in [0, 0.1) is 24.2 Å². The lowest BCUT2D eigenvalue weighted by Gasteiger charge is -2.15. The van der Waals surface area contributed by atoms with Crippen LogP contribution in [0.1, 0.15) is 49.7 Å². The number of nitrogens with one attached hydrogen (secondary N) is 1. The van der Waals surface area contributed by atoms with Crippen LogP contribution in [-0.4, -0.2) is 34.4 Å². The summed E-state index contributed by atoms with van der Waals surface area (Å²) >= 11 is 0. The fourth-order valence-corrected chi connectivity index (χ4v) is 5.43. The molecule has 1 aliphatic carbocycles. The molecule has 2 aromatic heterocycles. The van der Waals surface area contributed by atoms with E-state index in [0.717, 1.165) is 40.8 Å². The molecule has 1 N–H and O–H groups in total. The molecule has 0 atom stereocenters. The number of hydrogen-bond donors (Lipinski definition) is 1. The third-order valence-corrected chi connectivity index (χ3v) is 7.55. The van der Waals surface area contributed by atoms with Crippen molar-refractivity contribution in [2.24, 2.45) is 5.92 Å². The highest BCUT2D eigenvalue weighted by Gasteiger charge is 2.23. The summed E-state index contributed by atoms with van der Waals surface area (Å²) in [6.07, 6.45) is 7.48. The zero-order valence-electron chi connectivity index (χ0n) is 22.2. The molecule has 38 heavy (non-hydrogen) atoms. The van der Waals surface area contributed by atoms with Gasteiger partial charge >= 0.3 is 5.69 Å². The monoisotopic (exact) mass is 509 g/mol. The molecule has 196 valence electrons. The van der Waals surface area contributed by atoms with Gasteiger partial charge in [-0.3, -0.25) is 0 Å². The van der Waals surface area contributed by atoms with Crippen molar-refractivity contribution in [1.82, 2.24) is 19.5 Å². The van der Waals surface area contributed by atoms with E-state index >= 15 is 0 Å². The largest absolute Gasteiger partial charge is 0.493 e. The number of rotatable bonds is 5. The lowest BCUT2D eigenvalue weighted by molar-refractivity contribution is 0.412. The molecular weight excluding hydrogens is 474 g/mol. The van der Waals surface area contributed by atoms with Gasteiger partial charge in [0.15, 0.2) is 5.75 Å². The number of fused-ring (bicyclic) bond motifs is 1. The van der Waals surface area contributed by atoms with Crippen LogP contribution in [0.15, 0.2) is 59.4 Å². The van der Waals surface area contributed by atoms with E-state index in [1.165, 1.54) is 38.8 Å². The molecule has 2 fully saturated rings. The topological polar surface area (TPSA) is 84.4 Å². The molecule has 2 aromatic carbocycles. The Labute approximate surface area is 223 Å². The second-order valence-electron chi connectivity index (χ2n) is 10.3. The van der Waals surface area contributed by atoms with Crippen LogP contribution in [0.4, 0.5) is 0 Å². The predicted octanol–water partition coefficient (Wildman–Crippen LogP) is 5.58. The van der Waals surface area contributed by atoms with Gasteiger partial charge in [-0.05, 0) is 80.9 Å². The summed E-state index contributed by atoms with van der Waals surface area (Å²) in [6, 6.07) is 19.7. The Morgan fingerprint density at radius 1 is 1.00 bits per heavy atom. The Bertz CT molecular complexity index is 1480. The first-order valence-electron chi connectivity index (χ1n) is 13.6. The van der Waals surface area contributed by atoms with Gasteiger partial charge in [0.05, 0.1) is 24.4 Å². The van der Waals surface area contributed by atoms with Crippen LogP contribution in [0.25, 0.3) is 28.0 Å². The maximum absolute atomic E-state index is 13.7. The van der Waals surface area contributed by atoms with E-state index in [1.807, 2.05) is 49.4 Å². The van der Waals surface area contributed by atoms with Gasteiger partial charge in [0.2, 0.25) is 5.65 Å². The summed E-state index contributed by atoms with van der Waals surface area (Å²) in [6.45, 7) is 5.17. The number of hydrogen-bond acceptors (Lipinski definition) is 5. The Hall–Kier alpha value is -3.89. The molecule has 7 heteroatoms. The number of benzene rings is 2. The predicted molar refractivity (Wildman–Crippen MR) is 150 cm³/mol. The van der Waals surface area contributed by atoms with Gasteiger partial charge in [0.1, 0.15) is 0 Å². The minimum Gasteiger partial charge on any atom is -0.493 e. The lowest BCUT2D eigenvalue weighted by atomic mass is 9.97. The summed E-state index contributed by atoms with van der Waals surface area (Å²) < 4.78 is 8.99. The van der Waals surface area contributed by atoms with E-state index < -0.39 is 0 Å². The summed E-state index contributed by atoms with van der Waals surface area (Å²) in [5.41, 5.74) is 5.57. The minimum atomic E-state index is -0.152. The standard InChI is InChI=1S/C27H26N4O2.C4H9N/c1-18-7-11-22(12-8-18)25-23(21-13-9-19(16-28)10-14-21)15-24(33-2)26-29-30(27(32)31(25)26)17-20-5-3-4-6-20;1-2-4-5-3-1/h7-15,20H,3-6,17H2,1-2H3;5H,1-4H2. The van der Waals surface area contributed by atoms with Crippen LogP contribution in [0.5, 0.6) is 5.75 Å². The van der Waals surface area contributed by atoms with Gasteiger partial charge in [-0.25, -0.2) is 13.9 Å². The first kappa shape index (κ1) is 25.7. The number of nitriles is 1. The Balaban J connectivity index is 0.000000529. The van der Waals surface area contributed by atoms with Gasteiger partial charge in [-0.1, -0.05) is 54.8 Å². The van der Waals surface area contributed by atoms with Gasteiger partial charge in [0.25, 0.3) is 0 Å². The van der Waals surface area contributed by atoms with Crippen molar-refractivity contribution in [3.63, 3.8) is 0 Å². The first-order valence-corrected chi connectivity index (χ1v) is 13.6. The van der Waals surface area contributed by atoms with Crippen molar-refractivity contribution in [3.8, 4) is 34.2 Å². The minimum absolute atomic E-state index is 0.152. The van der Waals surface area contributed by atoms with Gasteiger partial charge in [-0.2, -0.15) is 5.26 Å². The van der Waals surface area contributed by atoms with Gasteiger partial charge in [-0.15, -0.1) is 5.10 Å². The van der Waals surface area contributed by atoms with E-state index in [4.69, 9.17) is 9.84 Å². The number of methoxy groups -OCH3 is 1. The number of nitrogens with zero attached hydrogens (tertiary/aromatic N) is 4. The number of pyridine rings is 1. The summed E-state index contributed by atoms with van der Waals surface area (Å²) in [5, 5.41) is 17.1. The molecule has 3 heterocycles. The smallest absolute Gasteiger partial charge is 0.350 e. The highest BCUT2D eigenvalue weighted by Crippen LogP contribution is 2.37. The number of aromatic nitrogens is 3. The van der Waals surface area contributed by atoms with Crippen molar-refractivity contribution in [2.75, 3.05) is 20.2 Å². The fraction of sp³-hybridized carbons (Fsp3) is 0.387. The second-order valence-corrected chi connectivity index (χ2v) is 10.3. The van der Waals surface area contributed by atoms with Crippen molar-refractivity contribution in [2.45, 2.75) is 52.0 Å². The average Bonchev–Trinajstić information content (AvgIpc) is 3.74. The maximum atomic E-state index is 13.7. The molecule has 0 unspecified atom stereocenters. The summed E-state index contributed by atoms with van der Waals surface area (Å²) in [7, 11) is 1.60. The molecule has 4 aromatic rings. The molecule has 0 amide bonds. The van der Waals surface area contributed by atoms with Crippen molar-refractivity contribution in [3.05, 3.63) is 76.2 Å². The van der Waals surface area contributed by atoms with E-state index in [-0.39, 0.29) is 5.69 Å². The zero-order chi connectivity index (χ0) is 26.5. The van der Waals surface area contributed by atoms with Crippen LogP contribution in [-0.2, 0) is 6.54 Å². The van der Waals surface area contributed by atoms with Crippen LogP contribution < -0.4 is 15.7 Å². The third-order valence-electron chi connectivity index (χ3n) is 7.55. The first-order chi connectivity index (χ1) is 18.6. The molecule has 1 saturated carbocycles. The fourth-order valence-electron chi connectivity index (χ4n) is 5.43. The average molecular weight is 510 g/mol. The molecule has 7 nitrogen and oxygen atoms in total. The summed E-state index contributed by atoms with van der Waals surface area (Å²) in [4.78, 5) is 13.7. The molecule has 2 aliphatic rings. The number of ether oxygens (including phenoxy) is 1. The van der Waals surface area contributed by atoms with Crippen molar-refractivity contribution >= 4 is 5.65 Å². The zero-order valence-corrected chi connectivity index (χ0v) is 22.2. The molecular formula is C31H35N5O2. The molecule has 0 bridgehead atoms. The van der Waals surface area contributed by atoms with Gasteiger partial charge in [0, 0.05) is 12.1 Å². The van der Waals surface area contributed by atoms with Crippen LogP contribution >= 0.6 is 0 Å². The van der Waals surface area contributed by atoms with E-state index in [0.29, 0.717) is 29.4 Å². The molecule has 6 rings (SSSR count). The van der Waals surface area contributed by atoms with Crippen LogP contribution in [0.2, 0.25) is 0 Å². The Kier molecular flexibility index (Phi) is 7.90. The second kappa shape index (κ2) is 11.7. The molecule has 1 aliphatic heterocycles. The molecule has 0 spiro atoms. The van der Waals surface area contributed by atoms with Gasteiger partial charge < -0.3 is 10.1 Å². The third kappa shape index (κ3) is 5.36. The van der Waals surface area contributed by atoms with E-state index in [1.54, 1.807) is 28.3 Å². The Morgan fingerprint density at radius 2 is 1.66 bits per heavy atom.